The highest BCUT2D eigenvalue weighted by Crippen LogP contribution is 2.30. The molecule has 2 heterocycles. The fourth-order valence-corrected chi connectivity index (χ4v) is 4.04. The highest BCUT2D eigenvalue weighted by Gasteiger charge is 2.29. The molecule has 0 spiro atoms. The fourth-order valence-electron chi connectivity index (χ4n) is 3.83. The van der Waals surface area contributed by atoms with E-state index in [0.29, 0.717) is 19.7 Å². The number of benzene rings is 2. The molecule has 0 saturated carbocycles. The van der Waals surface area contributed by atoms with Gasteiger partial charge in [0.25, 0.3) is 5.91 Å². The van der Waals surface area contributed by atoms with E-state index in [0.717, 1.165) is 24.7 Å². The summed E-state index contributed by atoms with van der Waals surface area (Å²) in [5.41, 5.74) is 1.06. The van der Waals surface area contributed by atoms with Crippen molar-refractivity contribution in [3.05, 3.63) is 88.8 Å². The van der Waals surface area contributed by atoms with Crippen molar-refractivity contribution >= 4 is 23.4 Å². The minimum Gasteiger partial charge on any atom is -0.437 e. The average molecular weight is 527 g/mol. The van der Waals surface area contributed by atoms with Crippen molar-refractivity contribution in [1.29, 1.82) is 0 Å². The number of halogens is 2. The molecule has 0 aliphatic carbocycles. The Morgan fingerprint density at radius 2 is 1.84 bits per heavy atom. The van der Waals surface area contributed by atoms with E-state index in [1.54, 1.807) is 11.0 Å². The monoisotopic (exact) mass is 526 g/mol. The standard InChI is InChI=1S/C27H28ClFN4O4/c1-32-12-14-33(15-13-32)27(35)23(18-36-17-19-6-3-2-4-7-19)31-25(34)21-8-5-11-30-26(21)37-24-10-9-20(29)16-22(24)28/h2-11,16,23H,12-15,17-18H2,1H3,(H,31,34)/t23-/m1/s1. The minimum absolute atomic E-state index is 0.00789. The van der Waals surface area contributed by atoms with Crippen LogP contribution >= 0.6 is 11.6 Å². The molecular formula is C27H28ClFN4O4. The number of carbonyl (C=O) groups is 2. The van der Waals surface area contributed by atoms with Gasteiger partial charge in [0.1, 0.15) is 23.2 Å². The smallest absolute Gasteiger partial charge is 0.257 e. The van der Waals surface area contributed by atoms with E-state index in [2.05, 4.69) is 15.2 Å². The van der Waals surface area contributed by atoms with Crippen molar-refractivity contribution < 1.29 is 23.5 Å². The lowest BCUT2D eigenvalue weighted by atomic mass is 10.2. The van der Waals surface area contributed by atoms with E-state index in [1.807, 2.05) is 37.4 Å². The molecule has 1 saturated heterocycles. The van der Waals surface area contributed by atoms with Gasteiger partial charge in [-0.15, -0.1) is 0 Å². The molecule has 10 heteroatoms. The van der Waals surface area contributed by atoms with Gasteiger partial charge in [-0.05, 0) is 42.9 Å². The number of ether oxygens (including phenoxy) is 2. The lowest BCUT2D eigenvalue weighted by Crippen LogP contribution is -2.55. The van der Waals surface area contributed by atoms with E-state index >= 15 is 0 Å². The summed E-state index contributed by atoms with van der Waals surface area (Å²) in [6, 6.07) is 15.4. The summed E-state index contributed by atoms with van der Waals surface area (Å²) in [7, 11) is 2.00. The first-order valence-corrected chi connectivity index (χ1v) is 12.3. The van der Waals surface area contributed by atoms with E-state index in [1.165, 1.54) is 24.4 Å². The second-order valence-corrected chi connectivity index (χ2v) is 9.10. The van der Waals surface area contributed by atoms with Gasteiger partial charge in [0.05, 0.1) is 18.2 Å². The molecule has 1 aliphatic heterocycles. The van der Waals surface area contributed by atoms with Crippen LogP contribution in [-0.4, -0.2) is 72.5 Å². The van der Waals surface area contributed by atoms with Crippen LogP contribution in [0.1, 0.15) is 15.9 Å². The topological polar surface area (TPSA) is 84.0 Å². The normalized spacial score (nSPS) is 14.7. The average Bonchev–Trinajstić information content (AvgIpc) is 2.90. The second kappa shape index (κ2) is 12.6. The number of nitrogens with zero attached hydrogens (tertiary/aromatic N) is 3. The summed E-state index contributed by atoms with van der Waals surface area (Å²) in [4.78, 5) is 34.7. The number of likely N-dealkylation sites (N-methyl/N-ethyl adjacent to an activating group) is 1. The third-order valence-corrected chi connectivity index (χ3v) is 6.23. The van der Waals surface area contributed by atoms with E-state index in [9.17, 15) is 14.0 Å². The Kier molecular flexibility index (Phi) is 9.05. The van der Waals surface area contributed by atoms with Crippen LogP contribution in [0.25, 0.3) is 0 Å². The number of hydrogen-bond acceptors (Lipinski definition) is 6. The molecule has 0 unspecified atom stereocenters. The van der Waals surface area contributed by atoms with Crippen LogP contribution in [0.4, 0.5) is 4.39 Å². The van der Waals surface area contributed by atoms with E-state index in [4.69, 9.17) is 21.1 Å². The largest absolute Gasteiger partial charge is 0.437 e. The molecule has 0 radical (unpaired) electrons. The lowest BCUT2D eigenvalue weighted by molar-refractivity contribution is -0.136. The van der Waals surface area contributed by atoms with Gasteiger partial charge in [-0.25, -0.2) is 9.37 Å². The zero-order valence-electron chi connectivity index (χ0n) is 20.4. The van der Waals surface area contributed by atoms with Gasteiger partial charge in [-0.3, -0.25) is 9.59 Å². The van der Waals surface area contributed by atoms with Crippen LogP contribution in [0.5, 0.6) is 11.6 Å². The van der Waals surface area contributed by atoms with Gasteiger partial charge >= 0.3 is 0 Å². The molecule has 37 heavy (non-hydrogen) atoms. The van der Waals surface area contributed by atoms with Crippen molar-refractivity contribution in [2.45, 2.75) is 12.6 Å². The first-order valence-electron chi connectivity index (χ1n) is 11.9. The molecule has 2 aromatic carbocycles. The van der Waals surface area contributed by atoms with Gasteiger partial charge in [-0.1, -0.05) is 41.9 Å². The van der Waals surface area contributed by atoms with E-state index < -0.39 is 17.8 Å². The Morgan fingerprint density at radius 3 is 2.57 bits per heavy atom. The minimum atomic E-state index is -0.915. The molecule has 4 rings (SSSR count). The third-order valence-electron chi connectivity index (χ3n) is 5.93. The highest BCUT2D eigenvalue weighted by molar-refractivity contribution is 6.32. The van der Waals surface area contributed by atoms with Crippen LogP contribution in [0.2, 0.25) is 5.02 Å². The summed E-state index contributed by atoms with van der Waals surface area (Å²) < 4.78 is 25.0. The number of pyridine rings is 1. The lowest BCUT2D eigenvalue weighted by Gasteiger charge is -2.34. The van der Waals surface area contributed by atoms with Gasteiger partial charge < -0.3 is 24.6 Å². The Labute approximate surface area is 219 Å². The summed E-state index contributed by atoms with van der Waals surface area (Å²) in [6.07, 6.45) is 1.46. The van der Waals surface area contributed by atoms with Gasteiger partial charge in [0.15, 0.2) is 0 Å². The summed E-state index contributed by atoms with van der Waals surface area (Å²) in [6.45, 7) is 2.90. The van der Waals surface area contributed by atoms with Crippen LogP contribution in [-0.2, 0) is 16.1 Å². The molecule has 2 amide bonds. The number of hydrogen-bond donors (Lipinski definition) is 1. The maximum Gasteiger partial charge on any atom is 0.257 e. The predicted molar refractivity (Wildman–Crippen MR) is 137 cm³/mol. The van der Waals surface area contributed by atoms with Crippen molar-refractivity contribution in [2.75, 3.05) is 39.8 Å². The van der Waals surface area contributed by atoms with Crippen molar-refractivity contribution in [2.24, 2.45) is 0 Å². The van der Waals surface area contributed by atoms with E-state index in [-0.39, 0.29) is 34.7 Å². The van der Waals surface area contributed by atoms with Crippen molar-refractivity contribution in [1.82, 2.24) is 20.1 Å². The molecule has 3 aromatic rings. The molecule has 0 bridgehead atoms. The number of piperazine rings is 1. The SMILES string of the molecule is CN1CCN(C(=O)[C@@H](COCc2ccccc2)NC(=O)c2cccnc2Oc2ccc(F)cc2Cl)CC1. The molecule has 1 fully saturated rings. The number of aromatic nitrogens is 1. The molecule has 1 aliphatic rings. The first-order chi connectivity index (χ1) is 17.9. The first kappa shape index (κ1) is 26.5. The van der Waals surface area contributed by atoms with Gasteiger partial charge in [-0.2, -0.15) is 0 Å². The molecule has 8 nitrogen and oxygen atoms in total. The summed E-state index contributed by atoms with van der Waals surface area (Å²) in [5.74, 6) is -1.17. The maximum atomic E-state index is 13.4. The van der Waals surface area contributed by atoms with Crippen LogP contribution < -0.4 is 10.1 Å². The quantitative estimate of drug-likeness (QED) is 0.457. The fraction of sp³-hybridized carbons (Fsp3) is 0.296. The van der Waals surface area contributed by atoms with Crippen molar-refractivity contribution in [3.63, 3.8) is 0 Å². The second-order valence-electron chi connectivity index (χ2n) is 8.69. The Morgan fingerprint density at radius 1 is 1.08 bits per heavy atom. The van der Waals surface area contributed by atoms with Crippen LogP contribution in [0.15, 0.2) is 66.9 Å². The molecule has 1 atom stereocenters. The predicted octanol–water partition coefficient (Wildman–Crippen LogP) is 3.76. The Hall–Kier alpha value is -3.53. The van der Waals surface area contributed by atoms with Gasteiger partial charge in [0, 0.05) is 32.4 Å². The Balaban J connectivity index is 1.49. The van der Waals surface area contributed by atoms with Gasteiger partial charge in [0.2, 0.25) is 11.8 Å². The third kappa shape index (κ3) is 7.25. The zero-order chi connectivity index (χ0) is 26.2. The zero-order valence-corrected chi connectivity index (χ0v) is 21.2. The van der Waals surface area contributed by atoms with Crippen LogP contribution in [0, 0.1) is 5.82 Å². The van der Waals surface area contributed by atoms with Crippen molar-refractivity contribution in [3.8, 4) is 11.6 Å². The molecular weight excluding hydrogens is 499 g/mol. The molecule has 1 aromatic heterocycles. The number of nitrogens with one attached hydrogen (secondary N) is 1. The number of amides is 2. The summed E-state index contributed by atoms with van der Waals surface area (Å²) >= 11 is 6.08. The highest BCUT2D eigenvalue weighted by atomic mass is 35.5. The Bertz CT molecular complexity index is 1220. The molecule has 194 valence electrons. The van der Waals surface area contributed by atoms with Crippen LogP contribution in [0.3, 0.4) is 0 Å². The number of carbonyl (C=O) groups excluding carboxylic acids is 2. The number of rotatable bonds is 9. The summed E-state index contributed by atoms with van der Waals surface area (Å²) in [5, 5.41) is 2.83. The maximum absolute atomic E-state index is 13.4. The molecule has 1 N–H and O–H groups in total.